The van der Waals surface area contributed by atoms with Gasteiger partial charge in [-0.1, -0.05) is 23.2 Å². The van der Waals surface area contributed by atoms with Crippen molar-refractivity contribution in [3.63, 3.8) is 0 Å². The number of carbonyl (C=O) groups excluding carboxylic acids is 1. The Bertz CT molecular complexity index is 553. The molecule has 0 saturated carbocycles. The van der Waals surface area contributed by atoms with Crippen LogP contribution in [0.5, 0.6) is 0 Å². The van der Waals surface area contributed by atoms with E-state index in [4.69, 9.17) is 39.1 Å². The Balaban J connectivity index is 2.95. The zero-order chi connectivity index (χ0) is 15.4. The monoisotopic (exact) mass is 320 g/mol. The maximum absolute atomic E-state index is 11.8. The number of aliphatic carboxylic acids is 2. The molecule has 5 N–H and O–H groups in total. The van der Waals surface area contributed by atoms with E-state index in [-0.39, 0.29) is 21.3 Å². The summed E-state index contributed by atoms with van der Waals surface area (Å²) in [6, 6.07) is 0.852. The minimum Gasteiger partial charge on any atom is -0.481 e. The maximum atomic E-state index is 11.8. The molecule has 0 radical (unpaired) electrons. The van der Waals surface area contributed by atoms with Crippen LogP contribution in [-0.4, -0.2) is 34.1 Å². The molecule has 1 aromatic carbocycles. The fourth-order valence-electron chi connectivity index (χ4n) is 1.33. The average Bonchev–Trinajstić information content (AvgIpc) is 2.33. The van der Waals surface area contributed by atoms with Crippen molar-refractivity contribution in [1.82, 2.24) is 5.32 Å². The van der Waals surface area contributed by atoms with E-state index in [1.54, 1.807) is 0 Å². The summed E-state index contributed by atoms with van der Waals surface area (Å²) in [5.74, 6) is -3.64. The number of benzene rings is 1. The number of hydrogen-bond donors (Lipinski definition) is 4. The maximum Gasteiger partial charge on any atom is 0.326 e. The number of nitrogens with two attached hydrogens (primary N) is 1. The van der Waals surface area contributed by atoms with Crippen LogP contribution in [0.4, 0.5) is 5.69 Å². The normalized spacial score (nSPS) is 11.7. The van der Waals surface area contributed by atoms with Gasteiger partial charge in [-0.2, -0.15) is 0 Å². The molecule has 0 aliphatic rings. The molecule has 0 aliphatic carbocycles. The second kappa shape index (κ2) is 6.44. The lowest BCUT2D eigenvalue weighted by Gasteiger charge is -2.13. The number of carboxylic acid groups (broad SMARTS) is 2. The molecule has 9 heteroatoms. The van der Waals surface area contributed by atoms with Crippen molar-refractivity contribution in [3.05, 3.63) is 27.7 Å². The first-order valence-corrected chi connectivity index (χ1v) is 5.98. The van der Waals surface area contributed by atoms with Crippen LogP contribution in [0.15, 0.2) is 12.1 Å². The molecule has 108 valence electrons. The van der Waals surface area contributed by atoms with Crippen LogP contribution in [0.2, 0.25) is 10.0 Å². The van der Waals surface area contributed by atoms with Gasteiger partial charge in [-0.05, 0) is 12.1 Å². The molecule has 1 amide bonds. The average molecular weight is 321 g/mol. The van der Waals surface area contributed by atoms with Crippen molar-refractivity contribution in [3.8, 4) is 0 Å². The Morgan fingerprint density at radius 3 is 2.10 bits per heavy atom. The minimum atomic E-state index is -1.56. The molecular weight excluding hydrogens is 311 g/mol. The number of nitrogens with one attached hydrogen (secondary N) is 1. The summed E-state index contributed by atoms with van der Waals surface area (Å²) in [6.07, 6.45) is -0.752. The van der Waals surface area contributed by atoms with Crippen molar-refractivity contribution in [2.24, 2.45) is 0 Å². The van der Waals surface area contributed by atoms with E-state index in [0.29, 0.717) is 0 Å². The highest BCUT2D eigenvalue weighted by Gasteiger charge is 2.24. The number of amides is 1. The van der Waals surface area contributed by atoms with E-state index in [2.05, 4.69) is 5.32 Å². The van der Waals surface area contributed by atoms with E-state index in [1.807, 2.05) is 0 Å². The molecule has 20 heavy (non-hydrogen) atoms. The highest BCUT2D eigenvalue weighted by molar-refractivity contribution is 6.39. The molecule has 0 saturated heterocycles. The Hall–Kier alpha value is -1.99. The summed E-state index contributed by atoms with van der Waals surface area (Å²) in [6.45, 7) is 0. The van der Waals surface area contributed by atoms with Crippen LogP contribution >= 0.6 is 23.2 Å². The standard InChI is InChI=1S/C11H10Cl2N2O5/c12-5-1-4(2-6(13)9(5)14)10(18)15-7(11(19)20)3-8(16)17/h1-2,7H,3,14H2,(H,15,18)(H,16,17)(H,19,20). The molecule has 1 atom stereocenters. The summed E-state index contributed by atoms with van der Waals surface area (Å²) in [4.78, 5) is 33.2. The summed E-state index contributed by atoms with van der Waals surface area (Å²) in [5, 5.41) is 19.5. The third-order valence-electron chi connectivity index (χ3n) is 2.32. The topological polar surface area (TPSA) is 130 Å². The molecule has 0 spiro atoms. The van der Waals surface area contributed by atoms with Gasteiger partial charge in [-0.15, -0.1) is 0 Å². The Labute approximate surface area is 123 Å². The number of halogens is 2. The van der Waals surface area contributed by atoms with Crippen LogP contribution in [0, 0.1) is 0 Å². The smallest absolute Gasteiger partial charge is 0.326 e. The molecular formula is C11H10Cl2N2O5. The fourth-order valence-corrected chi connectivity index (χ4v) is 1.82. The number of rotatable bonds is 5. The number of anilines is 1. The predicted octanol–water partition coefficient (Wildman–Crippen LogP) is 1.23. The van der Waals surface area contributed by atoms with Gasteiger partial charge in [0.05, 0.1) is 22.2 Å². The second-order valence-corrected chi connectivity index (χ2v) is 4.63. The van der Waals surface area contributed by atoms with E-state index in [9.17, 15) is 14.4 Å². The second-order valence-electron chi connectivity index (χ2n) is 3.82. The molecule has 7 nitrogen and oxygen atoms in total. The van der Waals surface area contributed by atoms with Gasteiger partial charge < -0.3 is 21.3 Å². The van der Waals surface area contributed by atoms with Crippen LogP contribution in [-0.2, 0) is 9.59 Å². The zero-order valence-corrected chi connectivity index (χ0v) is 11.4. The van der Waals surface area contributed by atoms with Crippen LogP contribution in [0.1, 0.15) is 16.8 Å². The van der Waals surface area contributed by atoms with Gasteiger partial charge in [0.2, 0.25) is 0 Å². The number of hydrogen-bond acceptors (Lipinski definition) is 4. The lowest BCUT2D eigenvalue weighted by Crippen LogP contribution is -2.42. The van der Waals surface area contributed by atoms with Gasteiger partial charge >= 0.3 is 11.9 Å². The van der Waals surface area contributed by atoms with Gasteiger partial charge in [0.25, 0.3) is 5.91 Å². The van der Waals surface area contributed by atoms with Crippen molar-refractivity contribution in [2.45, 2.75) is 12.5 Å². The van der Waals surface area contributed by atoms with Crippen LogP contribution in [0.3, 0.4) is 0 Å². The summed E-state index contributed by atoms with van der Waals surface area (Å²) < 4.78 is 0. The van der Waals surface area contributed by atoms with Gasteiger partial charge in [-0.3, -0.25) is 9.59 Å². The van der Waals surface area contributed by atoms with Gasteiger partial charge in [0.15, 0.2) is 0 Å². The lowest BCUT2D eigenvalue weighted by molar-refractivity contribution is -0.145. The highest BCUT2D eigenvalue weighted by atomic mass is 35.5. The summed E-state index contributed by atoms with van der Waals surface area (Å²) in [7, 11) is 0. The largest absolute Gasteiger partial charge is 0.481 e. The van der Waals surface area contributed by atoms with Crippen molar-refractivity contribution in [2.75, 3.05) is 5.73 Å². The Kier molecular flexibility index (Phi) is 5.18. The number of nitrogen functional groups attached to an aromatic ring is 1. The fraction of sp³-hybridized carbons (Fsp3) is 0.182. The molecule has 0 heterocycles. The van der Waals surface area contributed by atoms with E-state index >= 15 is 0 Å². The SMILES string of the molecule is Nc1c(Cl)cc(C(=O)NC(CC(=O)O)C(=O)O)cc1Cl. The molecule has 0 aromatic heterocycles. The third kappa shape index (κ3) is 4.01. The number of carbonyl (C=O) groups is 3. The third-order valence-corrected chi connectivity index (χ3v) is 2.95. The minimum absolute atomic E-state index is 0.0224. The quantitative estimate of drug-likeness (QED) is 0.604. The van der Waals surface area contributed by atoms with Crippen molar-refractivity contribution in [1.29, 1.82) is 0 Å². The van der Waals surface area contributed by atoms with E-state index < -0.39 is 30.3 Å². The van der Waals surface area contributed by atoms with Gasteiger partial charge in [0, 0.05) is 5.56 Å². The predicted molar refractivity (Wildman–Crippen MR) is 72.0 cm³/mol. The first-order valence-electron chi connectivity index (χ1n) is 5.22. The van der Waals surface area contributed by atoms with E-state index in [1.165, 1.54) is 12.1 Å². The van der Waals surface area contributed by atoms with Crippen LogP contribution in [0.25, 0.3) is 0 Å². The molecule has 0 fully saturated rings. The van der Waals surface area contributed by atoms with Gasteiger partial charge in [0.1, 0.15) is 6.04 Å². The lowest BCUT2D eigenvalue weighted by atomic mass is 10.1. The van der Waals surface area contributed by atoms with E-state index in [0.717, 1.165) is 0 Å². The Morgan fingerprint density at radius 2 is 1.70 bits per heavy atom. The zero-order valence-electron chi connectivity index (χ0n) is 9.89. The molecule has 0 aliphatic heterocycles. The highest BCUT2D eigenvalue weighted by Crippen LogP contribution is 2.28. The number of carboxylic acids is 2. The summed E-state index contributed by atoms with van der Waals surface area (Å²) in [5.41, 5.74) is 5.56. The molecule has 0 bridgehead atoms. The molecule has 1 aromatic rings. The molecule has 1 rings (SSSR count). The van der Waals surface area contributed by atoms with Crippen molar-refractivity contribution < 1.29 is 24.6 Å². The first kappa shape index (κ1) is 16.1. The van der Waals surface area contributed by atoms with Gasteiger partial charge in [-0.25, -0.2) is 4.79 Å². The van der Waals surface area contributed by atoms with Crippen LogP contribution < -0.4 is 11.1 Å². The first-order chi connectivity index (χ1) is 9.22. The summed E-state index contributed by atoms with van der Waals surface area (Å²) >= 11 is 11.5. The van der Waals surface area contributed by atoms with Crippen molar-refractivity contribution >= 4 is 46.7 Å². The Morgan fingerprint density at radius 1 is 1.20 bits per heavy atom. The molecule has 1 unspecified atom stereocenters.